The molecule has 2 aromatic rings. The van der Waals surface area contributed by atoms with E-state index in [0.29, 0.717) is 22.0 Å². The molecule has 8 nitrogen and oxygen atoms in total. The smallest absolute Gasteiger partial charge is 0.270 e. The van der Waals surface area contributed by atoms with E-state index in [1.165, 1.54) is 13.8 Å². The maximum absolute atomic E-state index is 13.8. The Bertz CT molecular complexity index is 1140. The number of amidine groups is 1. The molecule has 32 heavy (non-hydrogen) atoms. The van der Waals surface area contributed by atoms with Crippen molar-refractivity contribution in [2.24, 2.45) is 5.10 Å². The lowest BCUT2D eigenvalue weighted by Crippen LogP contribution is -2.49. The van der Waals surface area contributed by atoms with Gasteiger partial charge in [0.2, 0.25) is 16.7 Å². The molecule has 3 amide bonds. The van der Waals surface area contributed by atoms with Gasteiger partial charge in [0.25, 0.3) is 5.91 Å². The molecule has 0 saturated carbocycles. The summed E-state index contributed by atoms with van der Waals surface area (Å²) in [5, 5.41) is 8.51. The summed E-state index contributed by atoms with van der Waals surface area (Å²) < 4.78 is 5.82. The lowest BCUT2D eigenvalue weighted by molar-refractivity contribution is -0.139. The van der Waals surface area contributed by atoms with Gasteiger partial charge in [0.05, 0.1) is 12.2 Å². The van der Waals surface area contributed by atoms with E-state index >= 15 is 0 Å². The molecule has 1 spiro atoms. The number of benzene rings is 2. The molecule has 0 fully saturated rings. The van der Waals surface area contributed by atoms with Crippen LogP contribution in [-0.2, 0) is 19.3 Å². The summed E-state index contributed by atoms with van der Waals surface area (Å²) >= 11 is 7.26. The Morgan fingerprint density at radius 1 is 1.19 bits per heavy atom. The van der Waals surface area contributed by atoms with Gasteiger partial charge >= 0.3 is 0 Å². The van der Waals surface area contributed by atoms with Crippen molar-refractivity contribution in [3.05, 3.63) is 58.6 Å². The number of amides is 3. The second-order valence-corrected chi connectivity index (χ2v) is 9.06. The SMILES string of the molecule is CC(=O)NC1=NN(C(C)=O)[C@]2(S1)C(=O)N(CCOc1ccc(C)cc1)c1ccc(Cl)cc12. The van der Waals surface area contributed by atoms with Crippen LogP contribution in [0.15, 0.2) is 47.6 Å². The molecule has 2 heterocycles. The van der Waals surface area contributed by atoms with E-state index in [-0.39, 0.29) is 30.1 Å². The van der Waals surface area contributed by atoms with E-state index in [1.807, 2.05) is 31.2 Å². The standard InChI is InChI=1S/C22H21ClN4O4S/c1-13-4-7-17(8-5-13)31-11-10-26-19-9-6-16(23)12-18(19)22(20(26)30)27(15(3)29)25-21(32-22)24-14(2)28/h4-9,12H,10-11H2,1-3H3,(H,24,25,28)/t22-/m1/s1. The Balaban J connectivity index is 1.65. The third kappa shape index (κ3) is 3.82. The molecule has 0 bridgehead atoms. The van der Waals surface area contributed by atoms with Crippen molar-refractivity contribution < 1.29 is 19.1 Å². The topological polar surface area (TPSA) is 91.3 Å². The average molecular weight is 473 g/mol. The first-order chi connectivity index (χ1) is 15.2. The highest BCUT2D eigenvalue weighted by Crippen LogP contribution is 2.54. The van der Waals surface area contributed by atoms with Gasteiger partial charge in [-0.2, -0.15) is 5.01 Å². The molecule has 1 atom stereocenters. The number of carbonyl (C=O) groups excluding carboxylic acids is 3. The Labute approximate surface area is 194 Å². The molecule has 2 aliphatic heterocycles. The normalized spacial score (nSPS) is 19.2. The zero-order valence-corrected chi connectivity index (χ0v) is 19.3. The largest absolute Gasteiger partial charge is 0.492 e. The van der Waals surface area contributed by atoms with E-state index in [0.717, 1.165) is 22.3 Å². The maximum atomic E-state index is 13.8. The van der Waals surface area contributed by atoms with E-state index in [1.54, 1.807) is 23.1 Å². The van der Waals surface area contributed by atoms with Crippen molar-refractivity contribution in [3.8, 4) is 5.75 Å². The number of nitrogens with one attached hydrogen (secondary N) is 1. The third-order valence-corrected chi connectivity index (χ3v) is 6.54. The Morgan fingerprint density at radius 2 is 1.91 bits per heavy atom. The van der Waals surface area contributed by atoms with Crippen molar-refractivity contribution in [3.63, 3.8) is 0 Å². The Kier molecular flexibility index (Phi) is 5.87. The van der Waals surface area contributed by atoms with E-state index < -0.39 is 10.8 Å². The minimum absolute atomic E-state index is 0.171. The van der Waals surface area contributed by atoms with E-state index in [2.05, 4.69) is 10.4 Å². The van der Waals surface area contributed by atoms with E-state index in [4.69, 9.17) is 16.3 Å². The number of carbonyl (C=O) groups is 3. The first-order valence-electron chi connectivity index (χ1n) is 9.90. The van der Waals surface area contributed by atoms with Gasteiger partial charge in [0.15, 0.2) is 5.17 Å². The summed E-state index contributed by atoms with van der Waals surface area (Å²) in [5.41, 5.74) is 2.27. The van der Waals surface area contributed by atoms with Crippen molar-refractivity contribution in [1.82, 2.24) is 10.3 Å². The molecule has 0 aliphatic carbocycles. The lowest BCUT2D eigenvalue weighted by atomic mass is 10.1. The average Bonchev–Trinajstić information content (AvgIpc) is 3.21. The van der Waals surface area contributed by atoms with Gasteiger partial charge in [0, 0.05) is 24.4 Å². The van der Waals surface area contributed by atoms with Crippen LogP contribution < -0.4 is 15.0 Å². The van der Waals surface area contributed by atoms with E-state index in [9.17, 15) is 14.4 Å². The number of ether oxygens (including phenoxy) is 1. The van der Waals surface area contributed by atoms with Crippen LogP contribution in [0.25, 0.3) is 0 Å². The van der Waals surface area contributed by atoms with Crippen LogP contribution in [0.2, 0.25) is 5.02 Å². The van der Waals surface area contributed by atoms with Gasteiger partial charge in [-0.15, -0.1) is 5.10 Å². The van der Waals surface area contributed by atoms with Gasteiger partial charge in [-0.05, 0) is 49.0 Å². The number of rotatable bonds is 4. The number of aryl methyl sites for hydroxylation is 1. The molecule has 166 valence electrons. The van der Waals surface area contributed by atoms with Crippen LogP contribution in [-0.4, -0.2) is 41.0 Å². The highest BCUT2D eigenvalue weighted by atomic mass is 35.5. The van der Waals surface area contributed by atoms with Crippen LogP contribution in [0, 0.1) is 6.92 Å². The van der Waals surface area contributed by atoms with Crippen LogP contribution in [0.4, 0.5) is 5.69 Å². The number of thioether (sulfide) groups is 1. The maximum Gasteiger partial charge on any atom is 0.270 e. The zero-order chi connectivity index (χ0) is 23.0. The Morgan fingerprint density at radius 3 is 2.56 bits per heavy atom. The number of halogens is 1. The molecule has 2 aliphatic rings. The highest BCUT2D eigenvalue weighted by molar-refractivity contribution is 8.15. The van der Waals surface area contributed by atoms with Crippen LogP contribution in [0.5, 0.6) is 5.75 Å². The fourth-order valence-electron chi connectivity index (χ4n) is 3.70. The van der Waals surface area contributed by atoms with Crippen molar-refractivity contribution >= 4 is 51.9 Å². The predicted molar refractivity (Wildman–Crippen MR) is 124 cm³/mol. The van der Waals surface area contributed by atoms with Gasteiger partial charge in [-0.1, -0.05) is 29.3 Å². The molecule has 4 rings (SSSR count). The molecular weight excluding hydrogens is 452 g/mol. The quantitative estimate of drug-likeness (QED) is 0.737. The number of hydrogen-bond donors (Lipinski definition) is 1. The molecule has 0 radical (unpaired) electrons. The fourth-order valence-corrected chi connectivity index (χ4v) is 5.19. The molecule has 0 aromatic heterocycles. The van der Waals surface area contributed by atoms with Crippen molar-refractivity contribution in [2.45, 2.75) is 25.6 Å². The predicted octanol–water partition coefficient (Wildman–Crippen LogP) is 3.23. The second-order valence-electron chi connectivity index (χ2n) is 7.44. The first-order valence-corrected chi connectivity index (χ1v) is 11.1. The van der Waals surface area contributed by atoms with Crippen LogP contribution in [0.1, 0.15) is 25.0 Å². The number of hydrazone groups is 1. The van der Waals surface area contributed by atoms with Crippen LogP contribution in [0.3, 0.4) is 0 Å². The first kappa shape index (κ1) is 22.2. The molecule has 0 saturated heterocycles. The second kappa shape index (κ2) is 8.48. The molecule has 0 unspecified atom stereocenters. The van der Waals surface area contributed by atoms with Crippen LogP contribution >= 0.6 is 23.4 Å². The van der Waals surface area contributed by atoms with Gasteiger partial charge in [-0.3, -0.25) is 14.4 Å². The van der Waals surface area contributed by atoms with Crippen molar-refractivity contribution in [1.29, 1.82) is 0 Å². The minimum Gasteiger partial charge on any atom is -0.492 e. The number of nitrogens with zero attached hydrogens (tertiary/aromatic N) is 3. The van der Waals surface area contributed by atoms with Gasteiger partial charge in [0.1, 0.15) is 12.4 Å². The van der Waals surface area contributed by atoms with Crippen molar-refractivity contribution in [2.75, 3.05) is 18.1 Å². The number of fused-ring (bicyclic) bond motifs is 2. The molecular formula is C22H21ClN4O4S. The molecule has 2 aromatic carbocycles. The minimum atomic E-state index is -1.48. The zero-order valence-electron chi connectivity index (χ0n) is 17.7. The summed E-state index contributed by atoms with van der Waals surface area (Å²) in [5.74, 6) is -0.441. The summed E-state index contributed by atoms with van der Waals surface area (Å²) in [6, 6.07) is 12.7. The summed E-state index contributed by atoms with van der Waals surface area (Å²) in [7, 11) is 0. The highest BCUT2D eigenvalue weighted by Gasteiger charge is 2.61. The monoisotopic (exact) mass is 472 g/mol. The third-order valence-electron chi connectivity index (χ3n) is 5.07. The summed E-state index contributed by atoms with van der Waals surface area (Å²) in [4.78, 5) is 37.9. The Hall–Kier alpha value is -3.04. The number of anilines is 1. The van der Waals surface area contributed by atoms with Gasteiger partial charge < -0.3 is 15.0 Å². The summed E-state index contributed by atoms with van der Waals surface area (Å²) in [6.45, 7) is 5.15. The molecule has 10 heteroatoms. The summed E-state index contributed by atoms with van der Waals surface area (Å²) in [6.07, 6.45) is 0. The molecule has 1 N–H and O–H groups in total. The number of hydrogen-bond acceptors (Lipinski definition) is 6. The fraction of sp³-hybridized carbons (Fsp3) is 0.273. The lowest BCUT2D eigenvalue weighted by Gasteiger charge is -2.29. The van der Waals surface area contributed by atoms with Gasteiger partial charge in [-0.25, -0.2) is 0 Å².